The summed E-state index contributed by atoms with van der Waals surface area (Å²) in [5.74, 6) is 0.458. The van der Waals surface area contributed by atoms with Crippen LogP contribution in [-0.2, 0) is 40.8 Å². The molecule has 0 unspecified atom stereocenters. The topological polar surface area (TPSA) is 113 Å². The van der Waals surface area contributed by atoms with E-state index < -0.39 is 21.2 Å². The predicted octanol–water partition coefficient (Wildman–Crippen LogP) is 5.95. The second kappa shape index (κ2) is 17.0. The molecule has 2 aromatic carbocycles. The zero-order valence-electron chi connectivity index (χ0n) is 30.1. The molecule has 6 rings (SSSR count). The van der Waals surface area contributed by atoms with Gasteiger partial charge in [0.15, 0.2) is 0 Å². The maximum Gasteiger partial charge on any atom is 0.264 e. The minimum atomic E-state index is -3.94. The predicted molar refractivity (Wildman–Crippen MR) is 198 cm³/mol. The molecule has 2 aliphatic carbocycles. The minimum absolute atomic E-state index is 0.141. The van der Waals surface area contributed by atoms with E-state index in [1.54, 1.807) is 20.1 Å². The molecule has 12 heteroatoms. The smallest absolute Gasteiger partial charge is 0.264 e. The summed E-state index contributed by atoms with van der Waals surface area (Å²) < 4.78 is 58.7. The van der Waals surface area contributed by atoms with E-state index in [-0.39, 0.29) is 23.4 Å². The van der Waals surface area contributed by atoms with Gasteiger partial charge >= 0.3 is 0 Å². The number of hydrogen-bond donors (Lipinski definition) is 1. The van der Waals surface area contributed by atoms with E-state index in [1.807, 2.05) is 25.1 Å². The van der Waals surface area contributed by atoms with Crippen LogP contribution in [0.2, 0.25) is 5.02 Å². The molecule has 2 aliphatic heterocycles. The van der Waals surface area contributed by atoms with E-state index in [9.17, 15) is 13.2 Å². The maximum atomic E-state index is 13.5. The number of ether oxygens (including phenoxy) is 5. The second-order valence-corrected chi connectivity index (χ2v) is 17.1. The number of aryl methyl sites for hydroxylation is 1. The highest BCUT2D eigenvalue weighted by atomic mass is 35.5. The van der Waals surface area contributed by atoms with Crippen LogP contribution >= 0.6 is 11.6 Å². The van der Waals surface area contributed by atoms with Gasteiger partial charge in [0, 0.05) is 36.2 Å². The van der Waals surface area contributed by atoms with Crippen molar-refractivity contribution in [3.05, 3.63) is 70.3 Å². The van der Waals surface area contributed by atoms with Crippen molar-refractivity contribution in [2.24, 2.45) is 17.8 Å². The summed E-state index contributed by atoms with van der Waals surface area (Å²) in [5.41, 5.74) is 3.36. The third kappa shape index (κ3) is 8.93. The van der Waals surface area contributed by atoms with Gasteiger partial charge in [-0.25, -0.2) is 13.1 Å². The summed E-state index contributed by atoms with van der Waals surface area (Å²) in [6.07, 6.45) is 9.62. The van der Waals surface area contributed by atoms with Crippen LogP contribution in [-0.4, -0.2) is 92.1 Å². The standard InChI is InChI=1S/C39H53ClN2O8S/c1-27-6-4-8-36(49-21-20-48-19-18-47-17-16-46-3)33-12-9-31(33)24-42-25-39(15-5-7-29-22-32(40)11-13-34(29)39)26-50-37-14-10-30(23-35(37)42)38(43)41-51(44,45)28(27)2/h4,8,10-11,13-14,22-23,27-28,31,33,36H,5-7,9,12,15-21,24-26H2,1-3H3,(H,41,43)/b8-4-/t27-,28+,31-,33+,36-,39-/m0/s1. The zero-order valence-corrected chi connectivity index (χ0v) is 31.7. The number of methoxy groups -OCH3 is 1. The molecule has 1 saturated carbocycles. The molecular weight excluding hydrogens is 692 g/mol. The fourth-order valence-corrected chi connectivity index (χ4v) is 9.51. The number of amides is 1. The van der Waals surface area contributed by atoms with Crippen molar-refractivity contribution in [3.8, 4) is 5.75 Å². The number of sulfonamides is 1. The first kappa shape index (κ1) is 38.1. The maximum absolute atomic E-state index is 13.5. The summed E-state index contributed by atoms with van der Waals surface area (Å²) in [6, 6.07) is 11.5. The number of hydrogen-bond acceptors (Lipinski definition) is 9. The molecule has 10 nitrogen and oxygen atoms in total. The van der Waals surface area contributed by atoms with Crippen LogP contribution < -0.4 is 14.4 Å². The third-order valence-electron chi connectivity index (χ3n) is 11.4. The number of nitrogens with zero attached hydrogens (tertiary/aromatic N) is 1. The molecule has 2 heterocycles. The second-order valence-electron chi connectivity index (χ2n) is 14.7. The Kier molecular flexibility index (Phi) is 12.7. The Morgan fingerprint density at radius 3 is 2.57 bits per heavy atom. The SMILES string of the molecule is COCCOCCOCCO[C@H]1/C=C\C[C@H](C)[C@@H](C)S(=O)(=O)NC(=O)c2ccc3c(c2)N(C[C@@H]2CC[C@H]21)C[C@@]1(CCCc2cc(Cl)ccc21)CO3. The molecule has 0 aromatic heterocycles. The average molecular weight is 745 g/mol. The number of anilines is 1. The molecule has 0 radical (unpaired) electrons. The largest absolute Gasteiger partial charge is 0.490 e. The van der Waals surface area contributed by atoms with Crippen molar-refractivity contribution in [2.75, 3.05) is 71.3 Å². The van der Waals surface area contributed by atoms with Crippen molar-refractivity contribution in [3.63, 3.8) is 0 Å². The van der Waals surface area contributed by atoms with Gasteiger partial charge in [0.2, 0.25) is 10.0 Å². The van der Waals surface area contributed by atoms with Crippen LogP contribution in [0.1, 0.15) is 67.4 Å². The number of fused-ring (bicyclic) bond motifs is 4. The van der Waals surface area contributed by atoms with E-state index in [0.717, 1.165) is 49.4 Å². The molecule has 1 amide bonds. The quantitative estimate of drug-likeness (QED) is 0.233. The first-order valence-corrected chi connectivity index (χ1v) is 20.3. The van der Waals surface area contributed by atoms with Gasteiger partial charge in [-0.15, -0.1) is 0 Å². The molecule has 2 bridgehead atoms. The van der Waals surface area contributed by atoms with Crippen LogP contribution in [0, 0.1) is 17.8 Å². The molecule has 1 spiro atoms. The van der Waals surface area contributed by atoms with Crippen LogP contribution in [0.25, 0.3) is 0 Å². The summed E-state index contributed by atoms with van der Waals surface area (Å²) >= 11 is 6.46. The molecular formula is C39H53ClN2O8S. The Labute approximate surface area is 308 Å². The first-order valence-electron chi connectivity index (χ1n) is 18.4. The summed E-state index contributed by atoms with van der Waals surface area (Å²) in [7, 11) is -2.30. The van der Waals surface area contributed by atoms with Gasteiger partial charge in [-0.3, -0.25) is 4.79 Å². The summed E-state index contributed by atoms with van der Waals surface area (Å²) in [5, 5.41) is -0.0464. The van der Waals surface area contributed by atoms with Crippen LogP contribution in [0.4, 0.5) is 5.69 Å². The van der Waals surface area contributed by atoms with Crippen molar-refractivity contribution >= 4 is 33.2 Å². The van der Waals surface area contributed by atoms with E-state index in [2.05, 4.69) is 33.9 Å². The molecule has 1 fully saturated rings. The Balaban J connectivity index is 1.29. The Bertz CT molecular complexity index is 1650. The Morgan fingerprint density at radius 2 is 1.80 bits per heavy atom. The lowest BCUT2D eigenvalue weighted by atomic mass is 9.68. The van der Waals surface area contributed by atoms with Crippen LogP contribution in [0.3, 0.4) is 0 Å². The number of rotatable bonds is 10. The lowest BCUT2D eigenvalue weighted by molar-refractivity contribution is -0.0442. The van der Waals surface area contributed by atoms with Crippen molar-refractivity contribution in [1.29, 1.82) is 0 Å². The number of carbonyl (C=O) groups excluding carboxylic acids is 1. The van der Waals surface area contributed by atoms with Crippen molar-refractivity contribution in [2.45, 2.75) is 69.1 Å². The molecule has 2 aromatic rings. The van der Waals surface area contributed by atoms with Crippen molar-refractivity contribution < 1.29 is 36.9 Å². The fraction of sp³-hybridized carbons (Fsp3) is 0.615. The molecule has 1 N–H and O–H groups in total. The van der Waals surface area contributed by atoms with Crippen molar-refractivity contribution in [1.82, 2.24) is 4.72 Å². The average Bonchev–Trinajstić information content (AvgIpc) is 3.24. The molecule has 4 aliphatic rings. The highest BCUT2D eigenvalue weighted by molar-refractivity contribution is 7.90. The highest BCUT2D eigenvalue weighted by Crippen LogP contribution is 2.47. The molecule has 280 valence electrons. The van der Waals surface area contributed by atoms with E-state index in [1.165, 1.54) is 11.1 Å². The number of allylic oxidation sites excluding steroid dienone is 1. The molecule has 0 saturated heterocycles. The van der Waals surface area contributed by atoms with Gasteiger partial charge in [0.05, 0.1) is 63.3 Å². The lowest BCUT2D eigenvalue weighted by Crippen LogP contribution is -2.49. The van der Waals surface area contributed by atoms with Gasteiger partial charge in [0.25, 0.3) is 5.91 Å². The van der Waals surface area contributed by atoms with Crippen LogP contribution in [0.15, 0.2) is 48.6 Å². The number of carbonyl (C=O) groups is 1. The number of benzene rings is 2. The summed E-state index contributed by atoms with van der Waals surface area (Å²) in [6.45, 7) is 8.48. The fourth-order valence-electron chi connectivity index (χ4n) is 8.03. The minimum Gasteiger partial charge on any atom is -0.490 e. The van der Waals surface area contributed by atoms with Gasteiger partial charge < -0.3 is 28.6 Å². The normalized spacial score (nSPS) is 29.5. The third-order valence-corrected chi connectivity index (χ3v) is 13.5. The zero-order chi connectivity index (χ0) is 36.0. The molecule has 6 atom stereocenters. The van der Waals surface area contributed by atoms with Crippen LogP contribution in [0.5, 0.6) is 5.75 Å². The van der Waals surface area contributed by atoms with Gasteiger partial charge in [0.1, 0.15) is 5.75 Å². The first-order chi connectivity index (χ1) is 24.6. The lowest BCUT2D eigenvalue weighted by Gasteiger charge is -2.46. The van der Waals surface area contributed by atoms with Gasteiger partial charge in [-0.1, -0.05) is 36.7 Å². The molecule has 51 heavy (non-hydrogen) atoms. The number of nitrogens with one attached hydrogen (secondary N) is 1. The van der Waals surface area contributed by atoms with Gasteiger partial charge in [-0.05, 0) is 105 Å². The van der Waals surface area contributed by atoms with E-state index >= 15 is 0 Å². The number of halogens is 1. The van der Waals surface area contributed by atoms with E-state index in [0.29, 0.717) is 76.4 Å². The highest BCUT2D eigenvalue weighted by Gasteiger charge is 2.44. The Hall–Kier alpha value is -2.67. The Morgan fingerprint density at radius 1 is 1.02 bits per heavy atom. The van der Waals surface area contributed by atoms with Gasteiger partial charge in [-0.2, -0.15) is 0 Å². The van der Waals surface area contributed by atoms with E-state index in [4.69, 9.17) is 35.3 Å². The summed E-state index contributed by atoms with van der Waals surface area (Å²) in [4.78, 5) is 15.9. The monoisotopic (exact) mass is 744 g/mol.